The van der Waals surface area contributed by atoms with E-state index in [9.17, 15) is 0 Å². The summed E-state index contributed by atoms with van der Waals surface area (Å²) >= 11 is 0. The molecular formula is C51H40N4O. The van der Waals surface area contributed by atoms with Crippen LogP contribution in [0.1, 0.15) is 47.2 Å². The minimum atomic E-state index is -0.144. The van der Waals surface area contributed by atoms with E-state index in [1.807, 2.05) is 60.7 Å². The zero-order valence-corrected chi connectivity index (χ0v) is 31.1. The number of benzene rings is 6. The molecule has 2 heterocycles. The summed E-state index contributed by atoms with van der Waals surface area (Å²) in [5, 5.41) is 3.61. The van der Waals surface area contributed by atoms with Gasteiger partial charge in [0.05, 0.1) is 17.3 Å². The van der Waals surface area contributed by atoms with E-state index in [0.717, 1.165) is 51.8 Å². The van der Waals surface area contributed by atoms with E-state index < -0.39 is 0 Å². The van der Waals surface area contributed by atoms with Crippen LogP contribution in [0.25, 0.3) is 55.7 Å². The molecule has 5 heteroatoms. The van der Waals surface area contributed by atoms with E-state index in [4.69, 9.17) is 20.1 Å². The number of nitrogens with zero attached hydrogens (tertiary/aromatic N) is 3. The summed E-state index contributed by atoms with van der Waals surface area (Å²) in [4.78, 5) is 10.0. The predicted octanol–water partition coefficient (Wildman–Crippen LogP) is 12.0. The van der Waals surface area contributed by atoms with Gasteiger partial charge < -0.3 is 14.7 Å². The third-order valence-corrected chi connectivity index (χ3v) is 11.2. The molecule has 0 saturated carbocycles. The summed E-state index contributed by atoms with van der Waals surface area (Å²) < 4.78 is 9.08. The van der Waals surface area contributed by atoms with Crippen LogP contribution < -0.4 is 5.73 Å². The first-order valence-electron chi connectivity index (χ1n) is 19.4. The van der Waals surface area contributed by atoms with E-state index in [2.05, 4.69) is 127 Å². The van der Waals surface area contributed by atoms with Crippen LogP contribution in [0.5, 0.6) is 0 Å². The lowest BCUT2D eigenvalue weighted by Crippen LogP contribution is -2.17. The minimum Gasteiger partial charge on any atom is -0.456 e. The Morgan fingerprint density at radius 1 is 0.732 bits per heavy atom. The second kappa shape index (κ2) is 14.0. The Labute approximate surface area is 326 Å². The smallest absolute Gasteiger partial charge is 0.157 e. The standard InChI is InChI=1S/C51H40N4O/c1-33(53-51(36-19-9-4-10-20-36)54-50(52)35-17-7-3-8-18-35)37-21-11-22-38(31-37)41-24-14-28-46-49(41)43-30-29-39(32-47(43)56-46)55-44-26-13-25-42(44)48-40(23-12-27-45(48)55)34-15-5-2-6-16-34/h2-21,23-24,26-33,38H,22,25H2,1H3,(H2,52,53,54)/t33-,38?/m0/s1. The second-order valence-corrected chi connectivity index (χ2v) is 14.6. The molecular weight excluding hydrogens is 685 g/mol. The third-order valence-electron chi connectivity index (χ3n) is 11.2. The summed E-state index contributed by atoms with van der Waals surface area (Å²) in [6.45, 7) is 2.13. The molecule has 0 amide bonds. The number of fused-ring (bicyclic) bond motifs is 6. The second-order valence-electron chi connectivity index (χ2n) is 14.6. The number of allylic oxidation sites excluding steroid dienone is 3. The number of aliphatic imine (C=N–C) groups is 2. The Morgan fingerprint density at radius 2 is 1.48 bits per heavy atom. The highest BCUT2D eigenvalue weighted by atomic mass is 16.3. The molecule has 0 radical (unpaired) electrons. The maximum Gasteiger partial charge on any atom is 0.157 e. The third kappa shape index (κ3) is 5.89. The van der Waals surface area contributed by atoms with E-state index in [0.29, 0.717) is 11.7 Å². The highest BCUT2D eigenvalue weighted by Crippen LogP contribution is 2.42. The van der Waals surface area contributed by atoms with Gasteiger partial charge in [0.2, 0.25) is 0 Å². The monoisotopic (exact) mass is 724 g/mol. The van der Waals surface area contributed by atoms with Crippen LogP contribution in [0.2, 0.25) is 0 Å². The van der Waals surface area contributed by atoms with Gasteiger partial charge in [-0.2, -0.15) is 0 Å². The average Bonchev–Trinajstić information content (AvgIpc) is 3.97. The van der Waals surface area contributed by atoms with Crippen molar-refractivity contribution in [3.63, 3.8) is 0 Å². The largest absolute Gasteiger partial charge is 0.456 e. The van der Waals surface area contributed by atoms with Gasteiger partial charge in [-0.05, 0) is 77.9 Å². The highest BCUT2D eigenvalue weighted by Gasteiger charge is 2.24. The number of furan rings is 1. The molecule has 6 aromatic carbocycles. The Bertz CT molecular complexity index is 2930. The van der Waals surface area contributed by atoms with Gasteiger partial charge in [0.15, 0.2) is 5.84 Å². The number of aromatic nitrogens is 1. The van der Waals surface area contributed by atoms with Gasteiger partial charge in [0.25, 0.3) is 0 Å². The van der Waals surface area contributed by atoms with Gasteiger partial charge in [-0.3, -0.25) is 4.99 Å². The van der Waals surface area contributed by atoms with Gasteiger partial charge in [-0.25, -0.2) is 4.99 Å². The van der Waals surface area contributed by atoms with Gasteiger partial charge in [0, 0.05) is 45.0 Å². The molecule has 2 aromatic heterocycles. The number of hydrogen-bond donors (Lipinski definition) is 1. The summed E-state index contributed by atoms with van der Waals surface area (Å²) in [6, 6.07) is 50.3. The molecule has 2 aliphatic carbocycles. The van der Waals surface area contributed by atoms with Gasteiger partial charge in [0.1, 0.15) is 17.0 Å². The van der Waals surface area contributed by atoms with Crippen molar-refractivity contribution in [1.82, 2.24) is 4.57 Å². The highest BCUT2D eigenvalue weighted by molar-refractivity contribution is 6.11. The summed E-state index contributed by atoms with van der Waals surface area (Å²) in [6.07, 6.45) is 13.2. The van der Waals surface area contributed by atoms with Crippen molar-refractivity contribution in [3.05, 3.63) is 203 Å². The maximum atomic E-state index is 6.68. The first-order valence-corrected chi connectivity index (χ1v) is 19.4. The minimum absolute atomic E-state index is 0.144. The molecule has 10 rings (SSSR count). The fourth-order valence-electron chi connectivity index (χ4n) is 8.54. The Balaban J connectivity index is 1.02. The van der Waals surface area contributed by atoms with E-state index in [-0.39, 0.29) is 12.0 Å². The Hall–Kier alpha value is -6.98. The molecule has 270 valence electrons. The van der Waals surface area contributed by atoms with Crippen LogP contribution in [0.3, 0.4) is 0 Å². The Morgan fingerprint density at radius 3 is 2.29 bits per heavy atom. The lowest BCUT2D eigenvalue weighted by atomic mass is 9.86. The molecule has 2 N–H and O–H groups in total. The first kappa shape index (κ1) is 33.6. The fraction of sp³-hybridized carbons (Fsp3) is 0.0980. The molecule has 0 fully saturated rings. The zero-order chi connectivity index (χ0) is 37.6. The van der Waals surface area contributed by atoms with Crippen LogP contribution in [0.15, 0.2) is 190 Å². The van der Waals surface area contributed by atoms with E-state index >= 15 is 0 Å². The maximum absolute atomic E-state index is 6.68. The molecule has 0 aliphatic heterocycles. The van der Waals surface area contributed by atoms with Crippen LogP contribution in [0.4, 0.5) is 0 Å². The number of nitrogens with two attached hydrogens (primary N) is 1. The van der Waals surface area contributed by atoms with Crippen LogP contribution >= 0.6 is 0 Å². The van der Waals surface area contributed by atoms with Crippen LogP contribution in [-0.2, 0) is 6.42 Å². The van der Waals surface area contributed by atoms with Gasteiger partial charge >= 0.3 is 0 Å². The lowest BCUT2D eigenvalue weighted by molar-refractivity contribution is 0.668. The molecule has 0 bridgehead atoms. The fourth-order valence-corrected chi connectivity index (χ4v) is 8.54. The van der Waals surface area contributed by atoms with Gasteiger partial charge in [-0.15, -0.1) is 0 Å². The molecule has 2 aliphatic rings. The number of amidine groups is 2. The van der Waals surface area contributed by atoms with E-state index in [1.165, 1.54) is 44.2 Å². The molecule has 2 atom stereocenters. The lowest BCUT2D eigenvalue weighted by Gasteiger charge is -2.20. The predicted molar refractivity (Wildman–Crippen MR) is 233 cm³/mol. The zero-order valence-electron chi connectivity index (χ0n) is 31.1. The van der Waals surface area contributed by atoms with Crippen molar-refractivity contribution in [3.8, 4) is 16.8 Å². The van der Waals surface area contributed by atoms with Crippen molar-refractivity contribution in [2.75, 3.05) is 0 Å². The van der Waals surface area contributed by atoms with Crippen molar-refractivity contribution in [2.45, 2.75) is 31.7 Å². The summed E-state index contributed by atoms with van der Waals surface area (Å²) in [5.74, 6) is 1.21. The summed E-state index contributed by atoms with van der Waals surface area (Å²) in [7, 11) is 0. The van der Waals surface area contributed by atoms with E-state index in [1.54, 1.807) is 0 Å². The van der Waals surface area contributed by atoms with Crippen molar-refractivity contribution < 1.29 is 4.42 Å². The van der Waals surface area contributed by atoms with Crippen molar-refractivity contribution in [1.29, 1.82) is 0 Å². The SMILES string of the molecule is C[C@H](/N=C(\N=C(/N)c1ccccc1)c1ccccc1)C1=CC(c2cccc3oc4cc(-n5c6c(c7c(-c8ccccc8)cccc75)CC=C6)ccc4c23)CC=C1. The normalized spacial score (nSPS) is 16.2. The first-order chi connectivity index (χ1) is 27.6. The van der Waals surface area contributed by atoms with Crippen LogP contribution in [-0.4, -0.2) is 22.3 Å². The summed E-state index contributed by atoms with van der Waals surface area (Å²) in [5.41, 5.74) is 19.9. The number of rotatable bonds is 7. The molecule has 56 heavy (non-hydrogen) atoms. The average molecular weight is 725 g/mol. The topological polar surface area (TPSA) is 68.8 Å². The molecule has 0 saturated heterocycles. The van der Waals surface area contributed by atoms with Gasteiger partial charge in [-0.1, -0.05) is 140 Å². The number of hydrogen-bond acceptors (Lipinski definition) is 2. The van der Waals surface area contributed by atoms with Crippen molar-refractivity contribution in [2.24, 2.45) is 15.7 Å². The molecule has 5 nitrogen and oxygen atoms in total. The molecule has 8 aromatic rings. The molecule has 1 unspecified atom stereocenters. The van der Waals surface area contributed by atoms with Crippen molar-refractivity contribution >= 4 is 50.6 Å². The quantitative estimate of drug-likeness (QED) is 0.131. The molecule has 0 spiro atoms. The Kier molecular flexibility index (Phi) is 8.41. The van der Waals surface area contributed by atoms with Crippen LogP contribution in [0, 0.1) is 0 Å².